The summed E-state index contributed by atoms with van der Waals surface area (Å²) in [6, 6.07) is 18.1. The Balaban J connectivity index is 2.05. The molecule has 0 saturated carbocycles. The van der Waals surface area contributed by atoms with Gasteiger partial charge in [0.25, 0.3) is 10.0 Å². The molecule has 7 nitrogen and oxygen atoms in total. The van der Waals surface area contributed by atoms with Gasteiger partial charge in [0, 0.05) is 17.6 Å². The Morgan fingerprint density at radius 3 is 2.02 bits per heavy atom. The Hall–Kier alpha value is -3.36. The molecule has 0 saturated heterocycles. The highest BCUT2D eigenvalue weighted by atomic mass is 35.5. The fourth-order valence-corrected chi connectivity index (χ4v) is 5.89. The molecular weight excluding hydrogens is 546 g/mol. The number of nitrogens with one attached hydrogen (secondary N) is 1. The van der Waals surface area contributed by atoms with E-state index in [4.69, 9.17) is 11.6 Å². The molecule has 3 aromatic carbocycles. The number of sulfonamides is 1. The monoisotopic (exact) mass is 583 g/mol. The minimum absolute atomic E-state index is 0.0629. The number of rotatable bonds is 11. The normalized spacial score (nSPS) is 12.9. The van der Waals surface area contributed by atoms with Crippen LogP contribution in [-0.2, 0) is 26.2 Å². The van der Waals surface area contributed by atoms with Crippen molar-refractivity contribution in [3.63, 3.8) is 0 Å². The summed E-state index contributed by atoms with van der Waals surface area (Å²) in [5.41, 5.74) is 3.75. The van der Waals surface area contributed by atoms with E-state index in [-0.39, 0.29) is 23.4 Å². The Morgan fingerprint density at radius 1 is 0.900 bits per heavy atom. The van der Waals surface area contributed by atoms with Crippen LogP contribution in [0.2, 0.25) is 5.02 Å². The van der Waals surface area contributed by atoms with E-state index >= 15 is 0 Å². The van der Waals surface area contributed by atoms with Gasteiger partial charge in [0.05, 0.1) is 10.6 Å². The van der Waals surface area contributed by atoms with E-state index in [1.807, 2.05) is 52.0 Å². The van der Waals surface area contributed by atoms with Gasteiger partial charge in [0.2, 0.25) is 11.8 Å². The van der Waals surface area contributed by atoms with Crippen molar-refractivity contribution in [3.05, 3.63) is 94.0 Å². The highest BCUT2D eigenvalue weighted by molar-refractivity contribution is 7.92. The Labute approximate surface area is 243 Å². The molecule has 0 aliphatic heterocycles. The lowest BCUT2D eigenvalue weighted by Crippen LogP contribution is -2.52. The van der Waals surface area contributed by atoms with Gasteiger partial charge in [-0.15, -0.1) is 0 Å². The first-order valence-electron chi connectivity index (χ1n) is 13.3. The van der Waals surface area contributed by atoms with Crippen LogP contribution >= 0.6 is 11.6 Å². The summed E-state index contributed by atoms with van der Waals surface area (Å²) < 4.78 is 29.0. The van der Waals surface area contributed by atoms with E-state index in [1.54, 1.807) is 44.2 Å². The maximum atomic E-state index is 14.0. The van der Waals surface area contributed by atoms with Crippen LogP contribution in [0.3, 0.4) is 0 Å². The van der Waals surface area contributed by atoms with Gasteiger partial charge < -0.3 is 10.2 Å². The average molecular weight is 584 g/mol. The molecule has 0 fully saturated rings. The van der Waals surface area contributed by atoms with Crippen molar-refractivity contribution in [2.45, 2.75) is 71.5 Å². The van der Waals surface area contributed by atoms with Gasteiger partial charge in [-0.05, 0) is 82.5 Å². The zero-order chi connectivity index (χ0) is 29.6. The van der Waals surface area contributed by atoms with E-state index < -0.39 is 28.5 Å². The highest BCUT2D eigenvalue weighted by Gasteiger charge is 2.33. The molecule has 40 heavy (non-hydrogen) atoms. The Bertz CT molecular complexity index is 1440. The first-order valence-corrected chi connectivity index (χ1v) is 15.2. The number of hydrogen-bond acceptors (Lipinski definition) is 4. The topological polar surface area (TPSA) is 86.8 Å². The lowest BCUT2D eigenvalue weighted by atomic mass is 10.1. The van der Waals surface area contributed by atoms with Crippen molar-refractivity contribution in [3.8, 4) is 0 Å². The number of halogens is 1. The SMILES string of the molecule is CC[C@H](C)NC(=O)[C@H](C)N(Cc1ccc(C)cc1)C(=O)CN(c1ccc(Cl)cc1C)S(=O)(=O)c1ccc(C)cc1. The zero-order valence-corrected chi connectivity index (χ0v) is 25.5. The molecular formula is C31H38ClN3O4S. The van der Waals surface area contributed by atoms with Crippen LogP contribution in [0.25, 0.3) is 0 Å². The van der Waals surface area contributed by atoms with E-state index in [2.05, 4.69) is 5.32 Å². The average Bonchev–Trinajstić information content (AvgIpc) is 2.91. The highest BCUT2D eigenvalue weighted by Crippen LogP contribution is 2.29. The zero-order valence-electron chi connectivity index (χ0n) is 23.9. The van der Waals surface area contributed by atoms with Gasteiger partial charge in [0.15, 0.2) is 0 Å². The van der Waals surface area contributed by atoms with Gasteiger partial charge in [-0.3, -0.25) is 13.9 Å². The van der Waals surface area contributed by atoms with Crippen molar-refractivity contribution >= 4 is 39.1 Å². The minimum atomic E-state index is -4.14. The van der Waals surface area contributed by atoms with E-state index in [1.165, 1.54) is 17.0 Å². The summed E-state index contributed by atoms with van der Waals surface area (Å²) in [6.07, 6.45) is 0.739. The van der Waals surface area contributed by atoms with Gasteiger partial charge in [0.1, 0.15) is 12.6 Å². The molecule has 3 rings (SSSR count). The second kappa shape index (κ2) is 13.3. The van der Waals surface area contributed by atoms with Gasteiger partial charge in [-0.2, -0.15) is 0 Å². The fraction of sp³-hybridized carbons (Fsp3) is 0.355. The lowest BCUT2D eigenvalue weighted by Gasteiger charge is -2.33. The molecule has 0 aromatic heterocycles. The van der Waals surface area contributed by atoms with E-state index in [0.29, 0.717) is 16.3 Å². The van der Waals surface area contributed by atoms with Crippen LogP contribution in [0.4, 0.5) is 5.69 Å². The molecule has 0 aliphatic rings. The maximum absolute atomic E-state index is 14.0. The van der Waals surface area contributed by atoms with Gasteiger partial charge in [-0.1, -0.05) is 66.0 Å². The Kier molecular flexibility index (Phi) is 10.4. The molecule has 1 N–H and O–H groups in total. The molecule has 0 spiro atoms. The van der Waals surface area contributed by atoms with Crippen molar-refractivity contribution < 1.29 is 18.0 Å². The van der Waals surface area contributed by atoms with Crippen molar-refractivity contribution in [2.75, 3.05) is 10.8 Å². The number of anilines is 1. The first kappa shape index (κ1) is 31.2. The van der Waals surface area contributed by atoms with Crippen LogP contribution in [0.15, 0.2) is 71.6 Å². The number of carbonyl (C=O) groups is 2. The third-order valence-electron chi connectivity index (χ3n) is 6.96. The van der Waals surface area contributed by atoms with Crippen LogP contribution < -0.4 is 9.62 Å². The van der Waals surface area contributed by atoms with Crippen molar-refractivity contribution in [1.29, 1.82) is 0 Å². The maximum Gasteiger partial charge on any atom is 0.264 e. The number of hydrogen-bond donors (Lipinski definition) is 1. The molecule has 214 valence electrons. The van der Waals surface area contributed by atoms with E-state index in [9.17, 15) is 18.0 Å². The summed E-state index contributed by atoms with van der Waals surface area (Å²) in [5.74, 6) is -0.803. The van der Waals surface area contributed by atoms with Crippen LogP contribution in [0, 0.1) is 20.8 Å². The third-order valence-corrected chi connectivity index (χ3v) is 8.97. The number of nitrogens with zero attached hydrogens (tertiary/aromatic N) is 2. The van der Waals surface area contributed by atoms with Gasteiger partial charge >= 0.3 is 0 Å². The predicted molar refractivity (Wildman–Crippen MR) is 161 cm³/mol. The predicted octanol–water partition coefficient (Wildman–Crippen LogP) is 5.79. The van der Waals surface area contributed by atoms with Crippen molar-refractivity contribution in [2.24, 2.45) is 0 Å². The van der Waals surface area contributed by atoms with Crippen molar-refractivity contribution in [1.82, 2.24) is 10.2 Å². The van der Waals surface area contributed by atoms with Crippen LogP contribution in [0.1, 0.15) is 49.4 Å². The second-order valence-corrected chi connectivity index (χ2v) is 12.6. The summed E-state index contributed by atoms with van der Waals surface area (Å²) in [7, 11) is -4.14. The van der Waals surface area contributed by atoms with Crippen LogP contribution in [0.5, 0.6) is 0 Å². The number of carbonyl (C=O) groups excluding carboxylic acids is 2. The standard InChI is InChI=1S/C31H38ClN3O4S/c1-7-24(5)33-31(37)25(6)34(19-26-12-8-21(2)9-13-26)30(36)20-35(29-17-14-27(32)18-23(29)4)40(38,39)28-15-10-22(3)11-16-28/h8-18,24-25H,7,19-20H2,1-6H3,(H,33,37)/t24-,25-/m0/s1. The molecule has 0 aliphatic carbocycles. The molecule has 0 heterocycles. The molecule has 0 radical (unpaired) electrons. The molecule has 0 bridgehead atoms. The second-order valence-electron chi connectivity index (χ2n) is 10.3. The molecule has 0 unspecified atom stereocenters. The Morgan fingerprint density at radius 2 is 1.48 bits per heavy atom. The summed E-state index contributed by atoms with van der Waals surface area (Å²) in [6.45, 7) is 10.8. The third kappa shape index (κ3) is 7.64. The van der Waals surface area contributed by atoms with E-state index in [0.717, 1.165) is 27.4 Å². The summed E-state index contributed by atoms with van der Waals surface area (Å²) in [4.78, 5) is 28.7. The summed E-state index contributed by atoms with van der Waals surface area (Å²) in [5, 5.41) is 3.40. The largest absolute Gasteiger partial charge is 0.352 e. The molecule has 9 heteroatoms. The molecule has 2 amide bonds. The molecule has 3 aromatic rings. The quantitative estimate of drug-likeness (QED) is 0.309. The smallest absolute Gasteiger partial charge is 0.264 e. The van der Waals surface area contributed by atoms with Gasteiger partial charge in [-0.25, -0.2) is 8.42 Å². The minimum Gasteiger partial charge on any atom is -0.352 e. The first-order chi connectivity index (χ1) is 18.8. The number of benzene rings is 3. The molecule has 2 atom stereocenters. The lowest BCUT2D eigenvalue weighted by molar-refractivity contribution is -0.139. The fourth-order valence-electron chi connectivity index (χ4n) is 4.19. The number of amides is 2. The summed E-state index contributed by atoms with van der Waals surface area (Å²) >= 11 is 6.17. The number of aryl methyl sites for hydroxylation is 3. The van der Waals surface area contributed by atoms with Crippen LogP contribution in [-0.4, -0.2) is 43.8 Å².